The molecule has 0 saturated carbocycles. The highest BCUT2D eigenvalue weighted by atomic mass is 16.4. The van der Waals surface area contributed by atoms with Gasteiger partial charge in [-0.1, -0.05) is 91.0 Å². The molecule has 1 N–H and O–H groups in total. The Morgan fingerprint density at radius 2 is 1.11 bits per heavy atom. The van der Waals surface area contributed by atoms with Crippen LogP contribution in [0.2, 0.25) is 0 Å². The fourth-order valence-corrected chi connectivity index (χ4v) is 4.51. The predicted molar refractivity (Wildman–Crippen MR) is 144 cm³/mol. The van der Waals surface area contributed by atoms with Crippen molar-refractivity contribution in [3.63, 3.8) is 0 Å². The van der Waals surface area contributed by atoms with E-state index < -0.39 is 5.97 Å². The van der Waals surface area contributed by atoms with E-state index in [4.69, 9.17) is 0 Å². The summed E-state index contributed by atoms with van der Waals surface area (Å²) in [6, 6.07) is 37.1. The molecular weight excluding hydrogens is 430 g/mol. The summed E-state index contributed by atoms with van der Waals surface area (Å²) in [5, 5.41) is 9.35. The van der Waals surface area contributed by atoms with Gasteiger partial charge in [-0.25, -0.2) is 4.79 Å². The average molecular weight is 464 g/mol. The first kappa shape index (κ1) is 24.4. The third-order valence-electron chi connectivity index (χ3n) is 6.34. The SMILES string of the molecule is O=C(O)c1cccc(-c2cccc(CN(CCCc3ccccc3)CCCc3ccccc3)c2)c1. The molecule has 0 fully saturated rings. The molecule has 3 nitrogen and oxygen atoms in total. The van der Waals surface area contributed by atoms with Crippen LogP contribution in [0.5, 0.6) is 0 Å². The molecule has 0 aromatic heterocycles. The molecular formula is C32H33NO2. The molecule has 0 bridgehead atoms. The van der Waals surface area contributed by atoms with Gasteiger partial charge in [-0.3, -0.25) is 4.90 Å². The molecule has 3 heteroatoms. The van der Waals surface area contributed by atoms with E-state index in [1.54, 1.807) is 12.1 Å². The van der Waals surface area contributed by atoms with Crippen molar-refractivity contribution in [2.45, 2.75) is 32.2 Å². The summed E-state index contributed by atoms with van der Waals surface area (Å²) in [4.78, 5) is 14.0. The molecule has 4 aromatic carbocycles. The lowest BCUT2D eigenvalue weighted by Gasteiger charge is -2.23. The van der Waals surface area contributed by atoms with Crippen LogP contribution in [-0.4, -0.2) is 29.1 Å². The average Bonchev–Trinajstić information content (AvgIpc) is 2.90. The Morgan fingerprint density at radius 3 is 1.69 bits per heavy atom. The van der Waals surface area contributed by atoms with Gasteiger partial charge >= 0.3 is 5.97 Å². The molecule has 0 heterocycles. The zero-order chi connectivity index (χ0) is 24.3. The Labute approximate surface area is 208 Å². The van der Waals surface area contributed by atoms with Gasteiger partial charge in [-0.15, -0.1) is 0 Å². The number of carboxylic acid groups (broad SMARTS) is 1. The van der Waals surface area contributed by atoms with Crippen molar-refractivity contribution in [2.24, 2.45) is 0 Å². The highest BCUT2D eigenvalue weighted by molar-refractivity contribution is 5.89. The first-order valence-electron chi connectivity index (χ1n) is 12.4. The Balaban J connectivity index is 1.43. The van der Waals surface area contributed by atoms with Crippen molar-refractivity contribution < 1.29 is 9.90 Å². The van der Waals surface area contributed by atoms with E-state index in [2.05, 4.69) is 89.8 Å². The monoisotopic (exact) mass is 463 g/mol. The molecule has 4 aromatic rings. The van der Waals surface area contributed by atoms with Crippen LogP contribution in [0.4, 0.5) is 0 Å². The van der Waals surface area contributed by atoms with E-state index in [-0.39, 0.29) is 0 Å². The molecule has 0 radical (unpaired) electrons. The van der Waals surface area contributed by atoms with Gasteiger partial charge < -0.3 is 5.11 Å². The van der Waals surface area contributed by atoms with Crippen LogP contribution in [0, 0.1) is 0 Å². The van der Waals surface area contributed by atoms with Gasteiger partial charge in [0.1, 0.15) is 0 Å². The number of aryl methyl sites for hydroxylation is 2. The standard InChI is InChI=1S/C32H33NO2/c34-32(35)31-20-8-19-30(24-31)29-18-7-15-28(23-29)25-33(21-9-16-26-11-3-1-4-12-26)22-10-17-27-13-5-2-6-14-27/h1-8,11-15,18-20,23-24H,9-10,16-17,21-22,25H2,(H,34,35). The molecule has 0 unspecified atom stereocenters. The lowest BCUT2D eigenvalue weighted by molar-refractivity contribution is 0.0697. The van der Waals surface area contributed by atoms with Crippen LogP contribution < -0.4 is 0 Å². The summed E-state index contributed by atoms with van der Waals surface area (Å²) in [5.41, 5.74) is 6.33. The molecule has 0 aliphatic heterocycles. The number of aromatic carboxylic acids is 1. The van der Waals surface area contributed by atoms with Crippen molar-refractivity contribution >= 4 is 5.97 Å². The molecule has 0 amide bonds. The van der Waals surface area contributed by atoms with Crippen molar-refractivity contribution in [2.75, 3.05) is 13.1 Å². The number of carboxylic acids is 1. The van der Waals surface area contributed by atoms with Gasteiger partial charge in [0.05, 0.1) is 5.56 Å². The van der Waals surface area contributed by atoms with Gasteiger partial charge in [0.25, 0.3) is 0 Å². The zero-order valence-electron chi connectivity index (χ0n) is 20.1. The van der Waals surface area contributed by atoms with Gasteiger partial charge in [-0.2, -0.15) is 0 Å². The summed E-state index contributed by atoms with van der Waals surface area (Å²) < 4.78 is 0. The molecule has 0 aliphatic rings. The first-order chi connectivity index (χ1) is 17.2. The second kappa shape index (κ2) is 12.7. The number of rotatable bonds is 12. The van der Waals surface area contributed by atoms with Crippen molar-refractivity contribution in [3.05, 3.63) is 131 Å². The fourth-order valence-electron chi connectivity index (χ4n) is 4.51. The van der Waals surface area contributed by atoms with Crippen molar-refractivity contribution in [1.82, 2.24) is 4.90 Å². The van der Waals surface area contributed by atoms with Crippen LogP contribution in [-0.2, 0) is 19.4 Å². The van der Waals surface area contributed by atoms with Crippen LogP contribution >= 0.6 is 0 Å². The lowest BCUT2D eigenvalue weighted by Crippen LogP contribution is -2.26. The summed E-state index contributed by atoms with van der Waals surface area (Å²) in [5.74, 6) is -0.897. The van der Waals surface area contributed by atoms with Crippen LogP contribution in [0.3, 0.4) is 0 Å². The van der Waals surface area contributed by atoms with E-state index in [9.17, 15) is 9.90 Å². The van der Waals surface area contributed by atoms with Crippen LogP contribution in [0.25, 0.3) is 11.1 Å². The van der Waals surface area contributed by atoms with E-state index in [0.717, 1.165) is 56.4 Å². The van der Waals surface area contributed by atoms with E-state index in [0.29, 0.717) is 5.56 Å². The minimum atomic E-state index is -0.897. The maximum Gasteiger partial charge on any atom is 0.335 e. The Hall–Kier alpha value is -3.69. The van der Waals surface area contributed by atoms with Gasteiger partial charge in [0, 0.05) is 6.54 Å². The summed E-state index contributed by atoms with van der Waals surface area (Å²) >= 11 is 0. The van der Waals surface area contributed by atoms with E-state index >= 15 is 0 Å². The minimum absolute atomic E-state index is 0.316. The van der Waals surface area contributed by atoms with Crippen molar-refractivity contribution in [1.29, 1.82) is 0 Å². The number of benzene rings is 4. The largest absolute Gasteiger partial charge is 0.478 e. The Bertz CT molecular complexity index is 1160. The Morgan fingerprint density at radius 1 is 0.600 bits per heavy atom. The third kappa shape index (κ3) is 7.66. The third-order valence-corrected chi connectivity index (χ3v) is 6.34. The lowest BCUT2D eigenvalue weighted by atomic mass is 10.0. The van der Waals surface area contributed by atoms with E-state index in [1.807, 2.05) is 12.1 Å². The quantitative estimate of drug-likeness (QED) is 0.243. The smallest absolute Gasteiger partial charge is 0.335 e. The van der Waals surface area contributed by atoms with Crippen LogP contribution in [0.1, 0.15) is 39.9 Å². The maximum atomic E-state index is 11.4. The highest BCUT2D eigenvalue weighted by Gasteiger charge is 2.09. The zero-order valence-corrected chi connectivity index (χ0v) is 20.1. The topological polar surface area (TPSA) is 40.5 Å². The molecule has 0 aliphatic carbocycles. The van der Waals surface area contributed by atoms with E-state index in [1.165, 1.54) is 16.7 Å². The van der Waals surface area contributed by atoms with Gasteiger partial charge in [0.2, 0.25) is 0 Å². The Kier molecular flexibility index (Phi) is 8.85. The molecule has 178 valence electrons. The maximum absolute atomic E-state index is 11.4. The molecule has 0 atom stereocenters. The van der Waals surface area contributed by atoms with Gasteiger partial charge in [0.15, 0.2) is 0 Å². The number of hydrogen-bond donors (Lipinski definition) is 1. The second-order valence-corrected chi connectivity index (χ2v) is 9.04. The molecule has 35 heavy (non-hydrogen) atoms. The predicted octanol–water partition coefficient (Wildman–Crippen LogP) is 7.12. The van der Waals surface area contributed by atoms with Crippen molar-refractivity contribution in [3.8, 4) is 11.1 Å². The highest BCUT2D eigenvalue weighted by Crippen LogP contribution is 2.23. The molecule has 4 rings (SSSR count). The fraction of sp³-hybridized carbons (Fsp3) is 0.219. The number of hydrogen-bond acceptors (Lipinski definition) is 2. The minimum Gasteiger partial charge on any atom is -0.478 e. The second-order valence-electron chi connectivity index (χ2n) is 9.04. The van der Waals surface area contributed by atoms with Gasteiger partial charge in [-0.05, 0) is 84.8 Å². The first-order valence-corrected chi connectivity index (χ1v) is 12.4. The number of nitrogens with zero attached hydrogens (tertiary/aromatic N) is 1. The summed E-state index contributed by atoms with van der Waals surface area (Å²) in [6.07, 6.45) is 4.40. The molecule has 0 spiro atoms. The number of carbonyl (C=O) groups is 1. The summed E-state index contributed by atoms with van der Waals surface area (Å²) in [7, 11) is 0. The summed E-state index contributed by atoms with van der Waals surface area (Å²) in [6.45, 7) is 2.97. The van der Waals surface area contributed by atoms with Crippen LogP contribution in [0.15, 0.2) is 109 Å². The normalized spacial score (nSPS) is 11.0. The molecule has 0 saturated heterocycles.